The molecular formula is C20H25ClN4O. The zero-order valence-electron chi connectivity index (χ0n) is 15.0. The summed E-state index contributed by atoms with van der Waals surface area (Å²) in [4.78, 5) is 6.95. The highest BCUT2D eigenvalue weighted by atomic mass is 35.5. The maximum Gasteiger partial charge on any atom is 0.193 e. The predicted octanol–water partition coefficient (Wildman–Crippen LogP) is 3.99. The first kappa shape index (κ1) is 18.4. The molecule has 0 saturated carbocycles. The third-order valence-electron chi connectivity index (χ3n) is 4.58. The lowest BCUT2D eigenvalue weighted by molar-refractivity contribution is 0.415. The highest BCUT2D eigenvalue weighted by Crippen LogP contribution is 2.27. The van der Waals surface area contributed by atoms with E-state index in [0.717, 1.165) is 18.8 Å². The van der Waals surface area contributed by atoms with Crippen molar-refractivity contribution >= 4 is 28.9 Å². The average Bonchev–Trinajstić information content (AvgIpc) is 2.67. The summed E-state index contributed by atoms with van der Waals surface area (Å²) in [5.41, 5.74) is 8.12. The van der Waals surface area contributed by atoms with E-state index >= 15 is 0 Å². The lowest BCUT2D eigenvalue weighted by atomic mass is 9.97. The predicted molar refractivity (Wildman–Crippen MR) is 109 cm³/mol. The molecule has 1 heterocycles. The second kappa shape index (κ2) is 8.81. The number of nitrogens with zero attached hydrogens (tertiary/aromatic N) is 2. The smallest absolute Gasteiger partial charge is 0.193 e. The molecule has 138 valence electrons. The molecule has 2 aromatic rings. The van der Waals surface area contributed by atoms with Crippen LogP contribution in [0.4, 0.5) is 11.4 Å². The molecule has 5 nitrogen and oxygen atoms in total. The Labute approximate surface area is 159 Å². The van der Waals surface area contributed by atoms with Crippen molar-refractivity contribution in [2.75, 3.05) is 37.0 Å². The Balaban J connectivity index is 1.56. The van der Waals surface area contributed by atoms with Gasteiger partial charge in [0.05, 0.1) is 12.1 Å². The number of rotatable bonds is 5. The first-order chi connectivity index (χ1) is 12.7. The third kappa shape index (κ3) is 4.82. The number of guanidine groups is 1. The number of nitrogens with one attached hydrogen (secondary N) is 1. The number of anilines is 2. The summed E-state index contributed by atoms with van der Waals surface area (Å²) in [5, 5.41) is 3.63. The number of hydrogen-bond donors (Lipinski definition) is 2. The van der Waals surface area contributed by atoms with Crippen molar-refractivity contribution in [3.63, 3.8) is 0 Å². The van der Waals surface area contributed by atoms with Crippen LogP contribution in [0.3, 0.4) is 0 Å². The summed E-state index contributed by atoms with van der Waals surface area (Å²) in [6, 6.07) is 16.0. The van der Waals surface area contributed by atoms with Crippen molar-refractivity contribution in [1.82, 2.24) is 0 Å². The fourth-order valence-electron chi connectivity index (χ4n) is 3.25. The van der Waals surface area contributed by atoms with Crippen molar-refractivity contribution in [1.29, 1.82) is 0 Å². The van der Waals surface area contributed by atoms with E-state index in [2.05, 4.69) is 39.5 Å². The maximum atomic E-state index is 6.13. The zero-order valence-corrected chi connectivity index (χ0v) is 15.7. The number of ether oxygens (including phenoxy) is 1. The summed E-state index contributed by atoms with van der Waals surface area (Å²) in [6.45, 7) is 2.82. The van der Waals surface area contributed by atoms with Crippen molar-refractivity contribution in [3.05, 3.63) is 53.6 Å². The van der Waals surface area contributed by atoms with Gasteiger partial charge in [-0.15, -0.1) is 0 Å². The van der Waals surface area contributed by atoms with E-state index in [1.54, 1.807) is 19.2 Å². The monoisotopic (exact) mass is 372 g/mol. The van der Waals surface area contributed by atoms with E-state index in [4.69, 9.17) is 22.1 Å². The summed E-state index contributed by atoms with van der Waals surface area (Å²) in [6.07, 6.45) is 2.35. The minimum Gasteiger partial charge on any atom is -0.495 e. The van der Waals surface area contributed by atoms with Crippen LogP contribution in [-0.2, 0) is 0 Å². The molecule has 0 radical (unpaired) electrons. The van der Waals surface area contributed by atoms with E-state index < -0.39 is 0 Å². The van der Waals surface area contributed by atoms with Gasteiger partial charge in [0.2, 0.25) is 0 Å². The summed E-state index contributed by atoms with van der Waals surface area (Å²) in [5.74, 6) is 1.54. The van der Waals surface area contributed by atoms with Crippen LogP contribution in [0.1, 0.15) is 12.8 Å². The molecule has 0 bridgehead atoms. The van der Waals surface area contributed by atoms with Crippen LogP contribution in [0.15, 0.2) is 53.5 Å². The van der Waals surface area contributed by atoms with E-state index in [-0.39, 0.29) is 0 Å². The van der Waals surface area contributed by atoms with Crippen LogP contribution in [-0.4, -0.2) is 32.7 Å². The number of para-hydroxylation sites is 1. The summed E-state index contributed by atoms with van der Waals surface area (Å²) >= 11 is 6.13. The van der Waals surface area contributed by atoms with Crippen LogP contribution in [0.2, 0.25) is 5.02 Å². The van der Waals surface area contributed by atoms with Crippen molar-refractivity contribution in [3.8, 4) is 5.75 Å². The molecule has 0 aromatic heterocycles. The van der Waals surface area contributed by atoms with Gasteiger partial charge in [-0.2, -0.15) is 0 Å². The van der Waals surface area contributed by atoms with Gasteiger partial charge in [-0.3, -0.25) is 4.99 Å². The summed E-state index contributed by atoms with van der Waals surface area (Å²) in [7, 11) is 1.59. The Bertz CT molecular complexity index is 751. The molecule has 3 rings (SSSR count). The van der Waals surface area contributed by atoms with E-state index in [9.17, 15) is 0 Å². The van der Waals surface area contributed by atoms with Gasteiger partial charge in [-0.05, 0) is 49.1 Å². The van der Waals surface area contributed by atoms with E-state index in [0.29, 0.717) is 29.2 Å². The van der Waals surface area contributed by atoms with Crippen LogP contribution in [0, 0.1) is 5.92 Å². The molecular weight excluding hydrogens is 348 g/mol. The topological polar surface area (TPSA) is 62.9 Å². The van der Waals surface area contributed by atoms with Crippen molar-refractivity contribution in [2.24, 2.45) is 16.6 Å². The molecule has 6 heteroatoms. The number of hydrogen-bond acceptors (Lipinski definition) is 3. The Kier molecular flexibility index (Phi) is 6.23. The highest BCUT2D eigenvalue weighted by molar-refractivity contribution is 6.32. The van der Waals surface area contributed by atoms with Gasteiger partial charge < -0.3 is 20.7 Å². The van der Waals surface area contributed by atoms with Crippen LogP contribution >= 0.6 is 11.6 Å². The minimum atomic E-state index is 0.406. The van der Waals surface area contributed by atoms with Gasteiger partial charge in [-0.1, -0.05) is 29.8 Å². The Morgan fingerprint density at radius 2 is 2.12 bits per heavy atom. The van der Waals surface area contributed by atoms with E-state index in [1.165, 1.54) is 18.5 Å². The van der Waals surface area contributed by atoms with Crippen LogP contribution in [0.25, 0.3) is 0 Å². The van der Waals surface area contributed by atoms with Crippen molar-refractivity contribution in [2.45, 2.75) is 12.8 Å². The number of aliphatic imine (C=N–C) groups is 1. The minimum absolute atomic E-state index is 0.406. The highest BCUT2D eigenvalue weighted by Gasteiger charge is 2.19. The average molecular weight is 373 g/mol. The molecule has 0 amide bonds. The van der Waals surface area contributed by atoms with Gasteiger partial charge in [0.25, 0.3) is 0 Å². The zero-order chi connectivity index (χ0) is 18.4. The number of nitrogens with two attached hydrogens (primary N) is 1. The summed E-state index contributed by atoms with van der Waals surface area (Å²) < 4.78 is 5.15. The standard InChI is InChI=1S/C20H25ClN4O/c1-26-19-10-9-16(12-18(19)21)24-20(22)23-13-15-6-5-11-25(14-15)17-7-3-2-4-8-17/h2-4,7-10,12,15H,5-6,11,13-14H2,1H3,(H3,22,23,24). The Morgan fingerprint density at radius 1 is 1.31 bits per heavy atom. The SMILES string of the molecule is COc1ccc(NC(N)=NCC2CCCN(c3ccccc3)C2)cc1Cl. The fourth-order valence-corrected chi connectivity index (χ4v) is 3.50. The molecule has 1 aliphatic rings. The Hall–Kier alpha value is -2.40. The van der Waals surface area contributed by atoms with Gasteiger partial charge >= 0.3 is 0 Å². The first-order valence-electron chi connectivity index (χ1n) is 8.86. The molecule has 1 saturated heterocycles. The van der Waals surface area contributed by atoms with Gasteiger partial charge in [-0.25, -0.2) is 0 Å². The fraction of sp³-hybridized carbons (Fsp3) is 0.350. The maximum absolute atomic E-state index is 6.13. The lowest BCUT2D eigenvalue weighted by Gasteiger charge is -2.33. The molecule has 1 atom stereocenters. The van der Waals surface area contributed by atoms with Crippen LogP contribution in [0.5, 0.6) is 5.75 Å². The second-order valence-corrected chi connectivity index (χ2v) is 6.90. The molecule has 3 N–H and O–H groups in total. The number of benzene rings is 2. The van der Waals surface area contributed by atoms with Crippen LogP contribution < -0.4 is 20.7 Å². The Morgan fingerprint density at radius 3 is 2.85 bits per heavy atom. The van der Waals surface area contributed by atoms with E-state index in [1.807, 2.05) is 12.1 Å². The molecule has 0 spiro atoms. The molecule has 2 aromatic carbocycles. The molecule has 0 aliphatic carbocycles. The normalized spacial score (nSPS) is 17.8. The lowest BCUT2D eigenvalue weighted by Crippen LogP contribution is -2.37. The van der Waals surface area contributed by atoms with Gasteiger partial charge in [0, 0.05) is 31.0 Å². The quantitative estimate of drug-likeness (QED) is 0.615. The van der Waals surface area contributed by atoms with Gasteiger partial charge in [0.1, 0.15) is 5.75 Å². The second-order valence-electron chi connectivity index (χ2n) is 6.49. The van der Waals surface area contributed by atoms with Gasteiger partial charge in [0.15, 0.2) is 5.96 Å². The third-order valence-corrected chi connectivity index (χ3v) is 4.88. The number of methoxy groups -OCH3 is 1. The molecule has 1 unspecified atom stereocenters. The number of halogens is 1. The molecule has 1 fully saturated rings. The number of piperidine rings is 1. The molecule has 26 heavy (non-hydrogen) atoms. The largest absolute Gasteiger partial charge is 0.495 e. The molecule has 1 aliphatic heterocycles. The first-order valence-corrected chi connectivity index (χ1v) is 9.24. The van der Waals surface area contributed by atoms with Crippen molar-refractivity contribution < 1.29 is 4.74 Å².